The second-order valence-electron chi connectivity index (χ2n) is 4.03. The van der Waals surface area contributed by atoms with E-state index in [9.17, 15) is 18.3 Å². The largest absolute Gasteiger partial charge is 0.438 e. The van der Waals surface area contributed by atoms with E-state index in [1.165, 1.54) is 13.1 Å². The van der Waals surface area contributed by atoms with E-state index in [0.717, 1.165) is 0 Å². The summed E-state index contributed by atoms with van der Waals surface area (Å²) in [4.78, 5) is 7.14. The van der Waals surface area contributed by atoms with Gasteiger partial charge >= 0.3 is 6.18 Å². The van der Waals surface area contributed by atoms with Gasteiger partial charge in [-0.25, -0.2) is 4.98 Å². The minimum Gasteiger partial charge on any atom is -0.438 e. The molecule has 21 heavy (non-hydrogen) atoms. The molecule has 1 aromatic heterocycles. The molecule has 8 heteroatoms. The highest BCUT2D eigenvalue weighted by Gasteiger charge is 2.34. The molecule has 5 nitrogen and oxygen atoms in total. The molecule has 0 fully saturated rings. The molecule has 2 aromatic rings. The Bertz CT molecular complexity index is 632. The predicted molar refractivity (Wildman–Crippen MR) is 69.0 cm³/mol. The minimum atomic E-state index is -4.61. The Labute approximate surface area is 118 Å². The lowest BCUT2D eigenvalue weighted by atomic mass is 10.2. The number of aromatic nitrogens is 2. The van der Waals surface area contributed by atoms with Gasteiger partial charge in [0.05, 0.1) is 6.61 Å². The number of nitrogens with one attached hydrogen (secondary N) is 1. The Hall–Kier alpha value is -2.35. The number of aliphatic hydroxyl groups is 1. The summed E-state index contributed by atoms with van der Waals surface area (Å²) in [6, 6.07) is 7.15. The summed E-state index contributed by atoms with van der Waals surface area (Å²) in [5.74, 6) is -0.238. The number of para-hydroxylation sites is 1. The molecule has 2 rings (SSSR count). The maximum absolute atomic E-state index is 12.8. The summed E-state index contributed by atoms with van der Waals surface area (Å²) in [6.07, 6.45) is -4.61. The van der Waals surface area contributed by atoms with E-state index in [2.05, 4.69) is 15.3 Å². The standard InChI is InChI=1S/C13H12F3N3O2/c1-17-12-18-10(13(14,15)16)6-11(19-12)21-9-5-3-2-4-8(9)7-20/h2-6,20H,7H2,1H3,(H,17,18,19). The van der Waals surface area contributed by atoms with Crippen molar-refractivity contribution in [3.63, 3.8) is 0 Å². The Morgan fingerprint density at radius 2 is 1.95 bits per heavy atom. The second kappa shape index (κ2) is 5.96. The average Bonchev–Trinajstić information content (AvgIpc) is 2.46. The molecule has 0 aliphatic rings. The summed E-state index contributed by atoms with van der Waals surface area (Å²) in [5, 5.41) is 11.6. The monoisotopic (exact) mass is 299 g/mol. The summed E-state index contributed by atoms with van der Waals surface area (Å²) < 4.78 is 43.6. The quantitative estimate of drug-likeness (QED) is 0.908. The van der Waals surface area contributed by atoms with Gasteiger partial charge in [-0.3, -0.25) is 0 Å². The van der Waals surface area contributed by atoms with Gasteiger partial charge in [0.25, 0.3) is 0 Å². The Morgan fingerprint density at radius 1 is 1.24 bits per heavy atom. The first-order valence-electron chi connectivity index (χ1n) is 5.94. The van der Waals surface area contributed by atoms with Crippen molar-refractivity contribution in [1.29, 1.82) is 0 Å². The zero-order valence-electron chi connectivity index (χ0n) is 11.0. The molecule has 1 aromatic carbocycles. The number of anilines is 1. The molecular formula is C13H12F3N3O2. The molecule has 0 unspecified atom stereocenters. The van der Waals surface area contributed by atoms with E-state index in [1.807, 2.05) is 0 Å². The fraction of sp³-hybridized carbons (Fsp3) is 0.231. The van der Waals surface area contributed by atoms with E-state index in [0.29, 0.717) is 11.6 Å². The van der Waals surface area contributed by atoms with E-state index < -0.39 is 11.9 Å². The van der Waals surface area contributed by atoms with Crippen molar-refractivity contribution < 1.29 is 23.0 Å². The van der Waals surface area contributed by atoms with Crippen LogP contribution in [-0.2, 0) is 12.8 Å². The van der Waals surface area contributed by atoms with Crippen molar-refractivity contribution in [1.82, 2.24) is 9.97 Å². The number of hydrogen-bond acceptors (Lipinski definition) is 5. The third-order valence-electron chi connectivity index (χ3n) is 2.57. The van der Waals surface area contributed by atoms with Crippen molar-refractivity contribution >= 4 is 5.95 Å². The van der Waals surface area contributed by atoms with Crippen molar-refractivity contribution in [3.8, 4) is 11.6 Å². The van der Waals surface area contributed by atoms with Crippen LogP contribution in [0.5, 0.6) is 11.6 Å². The Balaban J connectivity index is 2.39. The minimum absolute atomic E-state index is 0.207. The third kappa shape index (κ3) is 3.60. The van der Waals surface area contributed by atoms with E-state index in [1.54, 1.807) is 18.2 Å². The molecule has 0 aliphatic carbocycles. The van der Waals surface area contributed by atoms with Gasteiger partial charge < -0.3 is 15.2 Å². The number of halogens is 3. The summed E-state index contributed by atoms with van der Waals surface area (Å²) >= 11 is 0. The van der Waals surface area contributed by atoms with Gasteiger partial charge in [-0.2, -0.15) is 18.2 Å². The number of aliphatic hydroxyl groups excluding tert-OH is 1. The predicted octanol–water partition coefficient (Wildman–Crippen LogP) is 2.82. The summed E-state index contributed by atoms with van der Waals surface area (Å²) in [5.41, 5.74) is -0.672. The average molecular weight is 299 g/mol. The first kappa shape index (κ1) is 15.0. The van der Waals surface area contributed by atoms with Crippen LogP contribution in [0.1, 0.15) is 11.3 Å². The topological polar surface area (TPSA) is 67.3 Å². The van der Waals surface area contributed by atoms with Gasteiger partial charge in [0, 0.05) is 18.7 Å². The normalized spacial score (nSPS) is 11.3. The molecule has 0 radical (unpaired) electrons. The number of benzene rings is 1. The van der Waals surface area contributed by atoms with E-state index in [-0.39, 0.29) is 24.2 Å². The first-order chi connectivity index (χ1) is 9.94. The number of hydrogen-bond donors (Lipinski definition) is 2. The van der Waals surface area contributed by atoms with Crippen LogP contribution in [0.3, 0.4) is 0 Å². The zero-order valence-corrected chi connectivity index (χ0v) is 11.0. The lowest BCUT2D eigenvalue weighted by Crippen LogP contribution is -2.11. The van der Waals surface area contributed by atoms with Crippen LogP contribution in [0.2, 0.25) is 0 Å². The van der Waals surface area contributed by atoms with Crippen LogP contribution in [0.4, 0.5) is 19.1 Å². The molecule has 0 atom stereocenters. The maximum Gasteiger partial charge on any atom is 0.433 e. The van der Waals surface area contributed by atoms with E-state index >= 15 is 0 Å². The van der Waals surface area contributed by atoms with Crippen LogP contribution in [0.25, 0.3) is 0 Å². The molecule has 0 saturated carbocycles. The molecule has 2 N–H and O–H groups in total. The van der Waals surface area contributed by atoms with Gasteiger partial charge in [0.1, 0.15) is 5.75 Å². The second-order valence-corrected chi connectivity index (χ2v) is 4.03. The number of nitrogens with zero attached hydrogens (tertiary/aromatic N) is 2. The van der Waals surface area contributed by atoms with Crippen molar-refractivity contribution in [2.75, 3.05) is 12.4 Å². The fourth-order valence-electron chi connectivity index (χ4n) is 1.58. The van der Waals surface area contributed by atoms with Crippen LogP contribution in [0, 0.1) is 0 Å². The highest BCUT2D eigenvalue weighted by Crippen LogP contribution is 2.32. The molecular weight excluding hydrogens is 287 g/mol. The van der Waals surface area contributed by atoms with Gasteiger partial charge in [0.15, 0.2) is 5.69 Å². The van der Waals surface area contributed by atoms with Crippen LogP contribution in [-0.4, -0.2) is 22.1 Å². The van der Waals surface area contributed by atoms with Gasteiger partial charge in [-0.05, 0) is 6.07 Å². The number of ether oxygens (including phenoxy) is 1. The zero-order chi connectivity index (χ0) is 15.5. The fourth-order valence-corrected chi connectivity index (χ4v) is 1.58. The third-order valence-corrected chi connectivity index (χ3v) is 2.57. The number of alkyl halides is 3. The van der Waals surface area contributed by atoms with Crippen LogP contribution >= 0.6 is 0 Å². The first-order valence-corrected chi connectivity index (χ1v) is 5.94. The van der Waals surface area contributed by atoms with Crippen molar-refractivity contribution in [2.24, 2.45) is 0 Å². The maximum atomic E-state index is 12.8. The Kier molecular flexibility index (Phi) is 4.27. The molecule has 112 valence electrons. The van der Waals surface area contributed by atoms with Crippen LogP contribution in [0.15, 0.2) is 30.3 Å². The molecule has 0 saturated heterocycles. The molecule has 0 aliphatic heterocycles. The lowest BCUT2D eigenvalue weighted by molar-refractivity contribution is -0.141. The molecule has 0 amide bonds. The van der Waals surface area contributed by atoms with Gasteiger partial charge in [0.2, 0.25) is 11.8 Å². The van der Waals surface area contributed by atoms with Crippen molar-refractivity contribution in [2.45, 2.75) is 12.8 Å². The van der Waals surface area contributed by atoms with Crippen LogP contribution < -0.4 is 10.1 Å². The van der Waals surface area contributed by atoms with E-state index in [4.69, 9.17) is 4.74 Å². The molecule has 1 heterocycles. The van der Waals surface area contributed by atoms with Crippen molar-refractivity contribution in [3.05, 3.63) is 41.6 Å². The molecule has 0 bridgehead atoms. The number of rotatable bonds is 4. The summed E-state index contributed by atoms with van der Waals surface area (Å²) in [6.45, 7) is -0.299. The highest BCUT2D eigenvalue weighted by molar-refractivity contribution is 5.38. The van der Waals surface area contributed by atoms with Gasteiger partial charge in [-0.15, -0.1) is 0 Å². The molecule has 0 spiro atoms. The lowest BCUT2D eigenvalue weighted by Gasteiger charge is -2.12. The summed E-state index contributed by atoms with van der Waals surface area (Å²) in [7, 11) is 1.40. The SMILES string of the molecule is CNc1nc(Oc2ccccc2CO)cc(C(F)(F)F)n1. The van der Waals surface area contributed by atoms with Gasteiger partial charge in [-0.1, -0.05) is 18.2 Å². The Morgan fingerprint density at radius 3 is 2.57 bits per heavy atom. The smallest absolute Gasteiger partial charge is 0.433 e. The highest BCUT2D eigenvalue weighted by atomic mass is 19.4.